The number of halogens is 2. The van der Waals surface area contributed by atoms with Gasteiger partial charge in [0.1, 0.15) is 0 Å². The molecule has 1 N–H and O–H groups in total. The molecule has 2 aromatic rings. The Morgan fingerprint density at radius 3 is 2.42 bits per heavy atom. The molecule has 0 aliphatic heterocycles. The van der Waals surface area contributed by atoms with Gasteiger partial charge in [0.25, 0.3) is 15.7 Å². The molecule has 0 aromatic heterocycles. The molecular formula is C15H14F2N2O6S. The first-order valence-corrected chi connectivity index (χ1v) is 8.53. The molecule has 140 valence electrons. The molecule has 0 aliphatic carbocycles. The number of nitrogens with one attached hydrogen (secondary N) is 1. The summed E-state index contributed by atoms with van der Waals surface area (Å²) in [6, 6.07) is 6.94. The normalized spacial score (nSPS) is 11.3. The third kappa shape index (κ3) is 4.36. The van der Waals surface area contributed by atoms with E-state index in [1.807, 2.05) is 0 Å². The van der Waals surface area contributed by atoms with Crippen LogP contribution in [-0.2, 0) is 10.0 Å². The minimum atomic E-state index is -4.20. The van der Waals surface area contributed by atoms with Gasteiger partial charge in [0.15, 0.2) is 11.5 Å². The summed E-state index contributed by atoms with van der Waals surface area (Å²) < 4.78 is 61.3. The van der Waals surface area contributed by atoms with Crippen LogP contribution in [0.5, 0.6) is 11.5 Å². The lowest BCUT2D eigenvalue weighted by atomic mass is 10.2. The minimum absolute atomic E-state index is 0.0141. The lowest BCUT2D eigenvalue weighted by Gasteiger charge is -2.14. The Balaban J connectivity index is 2.41. The molecule has 2 aromatic carbocycles. The second kappa shape index (κ2) is 7.52. The molecule has 0 fully saturated rings. The van der Waals surface area contributed by atoms with Gasteiger partial charge >= 0.3 is 6.61 Å². The maximum Gasteiger partial charge on any atom is 0.387 e. The summed E-state index contributed by atoms with van der Waals surface area (Å²) in [5, 5.41) is 10.9. The zero-order valence-corrected chi connectivity index (χ0v) is 14.4. The molecule has 0 saturated heterocycles. The van der Waals surface area contributed by atoms with Gasteiger partial charge in [-0.1, -0.05) is 6.07 Å². The van der Waals surface area contributed by atoms with Crippen LogP contribution in [0.25, 0.3) is 0 Å². The fourth-order valence-electron chi connectivity index (χ4n) is 2.13. The van der Waals surface area contributed by atoms with E-state index < -0.39 is 27.2 Å². The van der Waals surface area contributed by atoms with Crippen molar-refractivity contribution in [2.75, 3.05) is 11.8 Å². The molecule has 0 radical (unpaired) electrons. The molecule has 0 saturated carbocycles. The predicted molar refractivity (Wildman–Crippen MR) is 88.3 cm³/mol. The fourth-order valence-corrected chi connectivity index (χ4v) is 3.45. The van der Waals surface area contributed by atoms with E-state index in [2.05, 4.69) is 9.46 Å². The third-order valence-electron chi connectivity index (χ3n) is 3.30. The number of rotatable bonds is 7. The van der Waals surface area contributed by atoms with Gasteiger partial charge in [0, 0.05) is 18.2 Å². The van der Waals surface area contributed by atoms with Crippen molar-refractivity contribution in [2.45, 2.75) is 18.4 Å². The lowest BCUT2D eigenvalue weighted by molar-refractivity contribution is -0.385. The third-order valence-corrected chi connectivity index (χ3v) is 4.83. The Bertz CT molecular complexity index is 934. The number of benzene rings is 2. The monoisotopic (exact) mass is 388 g/mol. The van der Waals surface area contributed by atoms with Crippen LogP contribution in [0.1, 0.15) is 5.56 Å². The number of ether oxygens (including phenoxy) is 2. The highest BCUT2D eigenvalue weighted by atomic mass is 32.2. The molecule has 0 amide bonds. The van der Waals surface area contributed by atoms with Crippen molar-refractivity contribution >= 4 is 21.4 Å². The van der Waals surface area contributed by atoms with Gasteiger partial charge in [-0.15, -0.1) is 0 Å². The van der Waals surface area contributed by atoms with E-state index >= 15 is 0 Å². The molecule has 2 rings (SSSR count). The summed E-state index contributed by atoms with van der Waals surface area (Å²) in [5.74, 6) is -0.377. The van der Waals surface area contributed by atoms with Crippen molar-refractivity contribution in [3.05, 3.63) is 52.1 Å². The van der Waals surface area contributed by atoms with Gasteiger partial charge in [-0.25, -0.2) is 8.42 Å². The first-order chi connectivity index (χ1) is 12.1. The van der Waals surface area contributed by atoms with E-state index in [-0.39, 0.29) is 27.6 Å². The summed E-state index contributed by atoms with van der Waals surface area (Å²) in [5.41, 5.74) is -0.194. The van der Waals surface area contributed by atoms with Gasteiger partial charge < -0.3 is 9.47 Å². The highest BCUT2D eigenvalue weighted by Gasteiger charge is 2.21. The molecule has 0 spiro atoms. The molecule has 0 bridgehead atoms. The Morgan fingerprint density at radius 2 is 1.85 bits per heavy atom. The van der Waals surface area contributed by atoms with Crippen molar-refractivity contribution in [3.63, 3.8) is 0 Å². The van der Waals surface area contributed by atoms with Gasteiger partial charge in [0.05, 0.1) is 22.6 Å². The largest absolute Gasteiger partial charge is 0.493 e. The number of nitro groups is 1. The predicted octanol–water partition coefficient (Wildman–Crippen LogP) is 3.31. The summed E-state index contributed by atoms with van der Waals surface area (Å²) >= 11 is 0. The minimum Gasteiger partial charge on any atom is -0.493 e. The molecule has 0 aliphatic rings. The average Bonchev–Trinajstić information content (AvgIpc) is 2.54. The second-order valence-electron chi connectivity index (χ2n) is 5.06. The van der Waals surface area contributed by atoms with Crippen molar-refractivity contribution in [1.82, 2.24) is 0 Å². The average molecular weight is 388 g/mol. The van der Waals surface area contributed by atoms with E-state index in [9.17, 15) is 27.3 Å². The number of alkyl halides is 2. The smallest absolute Gasteiger partial charge is 0.387 e. The highest BCUT2D eigenvalue weighted by Crippen LogP contribution is 2.33. The number of anilines is 1. The van der Waals surface area contributed by atoms with Crippen molar-refractivity contribution in [1.29, 1.82) is 0 Å². The quantitative estimate of drug-likeness (QED) is 0.576. The van der Waals surface area contributed by atoms with Gasteiger partial charge in [-0.05, 0) is 24.6 Å². The zero-order valence-electron chi connectivity index (χ0n) is 13.6. The molecule has 11 heteroatoms. The Hall–Kier alpha value is -2.95. The Labute approximate surface area is 147 Å². The Morgan fingerprint density at radius 1 is 1.15 bits per heavy atom. The summed E-state index contributed by atoms with van der Waals surface area (Å²) in [6.45, 7) is -1.66. The number of hydrogen-bond donors (Lipinski definition) is 1. The number of non-ortho nitro benzene ring substituents is 1. The Kier molecular flexibility index (Phi) is 5.60. The second-order valence-corrected chi connectivity index (χ2v) is 6.71. The van der Waals surface area contributed by atoms with E-state index in [1.165, 1.54) is 38.3 Å². The summed E-state index contributed by atoms with van der Waals surface area (Å²) in [6.07, 6.45) is 0. The van der Waals surface area contributed by atoms with Crippen molar-refractivity contribution in [3.8, 4) is 11.5 Å². The number of aryl methyl sites for hydroxylation is 1. The van der Waals surface area contributed by atoms with Crippen LogP contribution in [0, 0.1) is 17.0 Å². The standard InChI is InChI=1S/C15H14F2N2O6S/c1-9-3-5-11(19(20)21)8-14(9)26(22,23)18-10-4-6-12(24-2)13(7-10)25-15(16)17/h3-8,15,18H,1-2H3. The van der Waals surface area contributed by atoms with Crippen LogP contribution in [0.2, 0.25) is 0 Å². The summed E-state index contributed by atoms with van der Waals surface area (Å²) in [4.78, 5) is 9.83. The summed E-state index contributed by atoms with van der Waals surface area (Å²) in [7, 11) is -2.96. The van der Waals surface area contributed by atoms with Crippen LogP contribution >= 0.6 is 0 Å². The maximum absolute atomic E-state index is 12.5. The fraction of sp³-hybridized carbons (Fsp3) is 0.200. The van der Waals surface area contributed by atoms with E-state index in [4.69, 9.17) is 4.74 Å². The van der Waals surface area contributed by atoms with Crippen molar-refractivity contribution < 1.29 is 31.6 Å². The van der Waals surface area contributed by atoms with E-state index in [1.54, 1.807) is 0 Å². The molecule has 8 nitrogen and oxygen atoms in total. The zero-order chi connectivity index (χ0) is 19.5. The highest BCUT2D eigenvalue weighted by molar-refractivity contribution is 7.92. The number of sulfonamides is 1. The van der Waals surface area contributed by atoms with Crippen molar-refractivity contribution in [2.24, 2.45) is 0 Å². The van der Waals surface area contributed by atoms with Crippen LogP contribution in [-0.4, -0.2) is 27.1 Å². The molecular weight excluding hydrogens is 374 g/mol. The van der Waals surface area contributed by atoms with Crippen LogP contribution < -0.4 is 14.2 Å². The van der Waals surface area contributed by atoms with Crippen LogP contribution in [0.15, 0.2) is 41.3 Å². The number of nitrogens with zero attached hydrogens (tertiary/aromatic N) is 1. The SMILES string of the molecule is COc1ccc(NS(=O)(=O)c2cc([N+](=O)[O-])ccc2C)cc1OC(F)F. The van der Waals surface area contributed by atoms with E-state index in [0.29, 0.717) is 0 Å². The maximum atomic E-state index is 12.5. The first kappa shape index (κ1) is 19.4. The molecule has 0 atom stereocenters. The number of methoxy groups -OCH3 is 1. The number of nitro benzene ring substituents is 1. The van der Waals surface area contributed by atoms with Crippen LogP contribution in [0.4, 0.5) is 20.2 Å². The topological polar surface area (TPSA) is 108 Å². The lowest BCUT2D eigenvalue weighted by Crippen LogP contribution is -2.15. The van der Waals surface area contributed by atoms with Gasteiger partial charge in [-0.3, -0.25) is 14.8 Å². The first-order valence-electron chi connectivity index (χ1n) is 7.05. The molecule has 0 unspecified atom stereocenters. The molecule has 0 heterocycles. The van der Waals surface area contributed by atoms with Crippen LogP contribution in [0.3, 0.4) is 0 Å². The van der Waals surface area contributed by atoms with Gasteiger partial charge in [-0.2, -0.15) is 8.78 Å². The van der Waals surface area contributed by atoms with Gasteiger partial charge in [0.2, 0.25) is 0 Å². The molecule has 26 heavy (non-hydrogen) atoms. The van der Waals surface area contributed by atoms with E-state index in [0.717, 1.165) is 12.1 Å². The number of hydrogen-bond acceptors (Lipinski definition) is 6.